The SMILES string of the molecule is C[C@@H](NC(=O)CN(C)Cc1ccc(F)cc1)c1ccc2c(c1)OCCO2. The number of carbonyl (C=O) groups is 1. The number of hydrogen-bond acceptors (Lipinski definition) is 4. The highest BCUT2D eigenvalue weighted by Crippen LogP contribution is 2.32. The van der Waals surface area contributed by atoms with E-state index in [1.54, 1.807) is 12.1 Å². The van der Waals surface area contributed by atoms with Crippen LogP contribution in [0.4, 0.5) is 4.39 Å². The van der Waals surface area contributed by atoms with Crippen LogP contribution in [0.1, 0.15) is 24.1 Å². The van der Waals surface area contributed by atoms with Crippen molar-refractivity contribution in [1.82, 2.24) is 10.2 Å². The molecule has 0 radical (unpaired) electrons. The second kappa shape index (κ2) is 8.19. The molecule has 0 aliphatic carbocycles. The first-order valence-electron chi connectivity index (χ1n) is 8.63. The fourth-order valence-electron chi connectivity index (χ4n) is 2.90. The van der Waals surface area contributed by atoms with E-state index >= 15 is 0 Å². The summed E-state index contributed by atoms with van der Waals surface area (Å²) >= 11 is 0. The van der Waals surface area contributed by atoms with Crippen LogP contribution in [0.25, 0.3) is 0 Å². The van der Waals surface area contributed by atoms with E-state index in [1.165, 1.54) is 12.1 Å². The van der Waals surface area contributed by atoms with Gasteiger partial charge in [0.1, 0.15) is 19.0 Å². The van der Waals surface area contributed by atoms with Crippen LogP contribution in [0, 0.1) is 5.82 Å². The number of halogens is 1. The molecule has 0 fully saturated rings. The van der Waals surface area contributed by atoms with Crippen molar-refractivity contribution in [2.45, 2.75) is 19.5 Å². The quantitative estimate of drug-likeness (QED) is 0.863. The van der Waals surface area contributed by atoms with E-state index in [-0.39, 0.29) is 24.3 Å². The van der Waals surface area contributed by atoms with Gasteiger partial charge < -0.3 is 14.8 Å². The van der Waals surface area contributed by atoms with Crippen molar-refractivity contribution >= 4 is 5.91 Å². The number of likely N-dealkylation sites (N-methyl/N-ethyl adjacent to an activating group) is 1. The van der Waals surface area contributed by atoms with Crippen LogP contribution >= 0.6 is 0 Å². The predicted octanol–water partition coefficient (Wildman–Crippen LogP) is 2.91. The molecule has 2 aromatic rings. The number of amides is 1. The van der Waals surface area contributed by atoms with Crippen LogP contribution in [-0.4, -0.2) is 37.6 Å². The average molecular weight is 358 g/mol. The molecule has 0 aromatic heterocycles. The zero-order valence-corrected chi connectivity index (χ0v) is 15.0. The summed E-state index contributed by atoms with van der Waals surface area (Å²) in [6, 6.07) is 11.9. The smallest absolute Gasteiger partial charge is 0.234 e. The Morgan fingerprint density at radius 3 is 2.58 bits per heavy atom. The van der Waals surface area contributed by atoms with Crippen molar-refractivity contribution in [3.8, 4) is 11.5 Å². The zero-order chi connectivity index (χ0) is 18.5. The van der Waals surface area contributed by atoms with Gasteiger partial charge >= 0.3 is 0 Å². The fraction of sp³-hybridized carbons (Fsp3) is 0.350. The van der Waals surface area contributed by atoms with Gasteiger partial charge in [-0.2, -0.15) is 0 Å². The zero-order valence-electron chi connectivity index (χ0n) is 15.0. The Kier molecular flexibility index (Phi) is 5.73. The van der Waals surface area contributed by atoms with Crippen LogP contribution in [0.5, 0.6) is 11.5 Å². The lowest BCUT2D eigenvalue weighted by molar-refractivity contribution is -0.122. The molecule has 0 saturated heterocycles. The first-order valence-corrected chi connectivity index (χ1v) is 8.63. The first-order chi connectivity index (χ1) is 12.5. The van der Waals surface area contributed by atoms with Crippen molar-refractivity contribution in [1.29, 1.82) is 0 Å². The number of rotatable bonds is 6. The molecule has 1 N–H and O–H groups in total. The van der Waals surface area contributed by atoms with Gasteiger partial charge in [0.05, 0.1) is 12.6 Å². The molecule has 0 unspecified atom stereocenters. The normalized spacial score (nSPS) is 14.2. The summed E-state index contributed by atoms with van der Waals surface area (Å²) in [5.41, 5.74) is 1.92. The van der Waals surface area contributed by atoms with Crippen LogP contribution in [0.2, 0.25) is 0 Å². The number of benzene rings is 2. The Labute approximate surface area is 152 Å². The molecule has 26 heavy (non-hydrogen) atoms. The lowest BCUT2D eigenvalue weighted by Crippen LogP contribution is -2.36. The van der Waals surface area contributed by atoms with Crippen LogP contribution in [-0.2, 0) is 11.3 Å². The highest BCUT2D eigenvalue weighted by atomic mass is 19.1. The van der Waals surface area contributed by atoms with Gasteiger partial charge in [0, 0.05) is 6.54 Å². The minimum atomic E-state index is -0.262. The van der Waals surface area contributed by atoms with Crippen molar-refractivity contribution in [2.24, 2.45) is 0 Å². The van der Waals surface area contributed by atoms with Crippen LogP contribution in [0.3, 0.4) is 0 Å². The van der Waals surface area contributed by atoms with Crippen LogP contribution in [0.15, 0.2) is 42.5 Å². The van der Waals surface area contributed by atoms with Gasteiger partial charge in [0.2, 0.25) is 5.91 Å². The molecule has 1 aliphatic heterocycles. The van der Waals surface area contributed by atoms with Gasteiger partial charge in [-0.1, -0.05) is 18.2 Å². The molecule has 0 spiro atoms. The van der Waals surface area contributed by atoms with Crippen molar-refractivity contribution in [3.05, 3.63) is 59.4 Å². The van der Waals surface area contributed by atoms with E-state index < -0.39 is 0 Å². The maximum atomic E-state index is 12.9. The van der Waals surface area contributed by atoms with Crippen molar-refractivity contribution < 1.29 is 18.7 Å². The molecule has 1 atom stereocenters. The van der Waals surface area contributed by atoms with E-state index in [1.807, 2.05) is 37.1 Å². The average Bonchev–Trinajstić information content (AvgIpc) is 2.63. The van der Waals surface area contributed by atoms with Crippen LogP contribution < -0.4 is 14.8 Å². The summed E-state index contributed by atoms with van der Waals surface area (Å²) in [7, 11) is 1.86. The first kappa shape index (κ1) is 18.2. The molecule has 0 saturated carbocycles. The highest BCUT2D eigenvalue weighted by Gasteiger charge is 2.16. The molecule has 1 amide bonds. The Morgan fingerprint density at radius 2 is 1.85 bits per heavy atom. The van der Waals surface area contributed by atoms with Gasteiger partial charge in [0.15, 0.2) is 11.5 Å². The third-order valence-corrected chi connectivity index (χ3v) is 4.22. The van der Waals surface area contributed by atoms with Gasteiger partial charge in [-0.3, -0.25) is 9.69 Å². The van der Waals surface area contributed by atoms with Gasteiger partial charge in [-0.05, 0) is 49.4 Å². The van der Waals surface area contributed by atoms with E-state index in [0.717, 1.165) is 16.9 Å². The number of hydrogen-bond donors (Lipinski definition) is 1. The predicted molar refractivity (Wildman–Crippen MR) is 96.7 cm³/mol. The monoisotopic (exact) mass is 358 g/mol. The summed E-state index contributed by atoms with van der Waals surface area (Å²) in [4.78, 5) is 14.2. The lowest BCUT2D eigenvalue weighted by Gasteiger charge is -2.22. The highest BCUT2D eigenvalue weighted by molar-refractivity contribution is 5.78. The fourth-order valence-corrected chi connectivity index (χ4v) is 2.90. The van der Waals surface area contributed by atoms with Crippen molar-refractivity contribution in [3.63, 3.8) is 0 Å². The molecule has 138 valence electrons. The summed E-state index contributed by atoms with van der Waals surface area (Å²) < 4.78 is 24.0. The molecule has 1 heterocycles. The molecule has 3 rings (SSSR count). The molecular weight excluding hydrogens is 335 g/mol. The second-order valence-electron chi connectivity index (χ2n) is 6.49. The van der Waals surface area contributed by atoms with Gasteiger partial charge in [-0.15, -0.1) is 0 Å². The molecule has 2 aromatic carbocycles. The Balaban J connectivity index is 1.53. The molecule has 1 aliphatic rings. The standard InChI is InChI=1S/C20H23FN2O3/c1-14(16-5-8-18-19(11-16)26-10-9-25-18)22-20(24)13-23(2)12-15-3-6-17(21)7-4-15/h3-8,11,14H,9-10,12-13H2,1-2H3,(H,22,24)/t14-/m1/s1. The number of nitrogens with zero attached hydrogens (tertiary/aromatic N) is 1. The maximum absolute atomic E-state index is 12.9. The van der Waals surface area contributed by atoms with Gasteiger partial charge in [-0.25, -0.2) is 4.39 Å². The number of fused-ring (bicyclic) bond motifs is 1. The molecule has 5 nitrogen and oxygen atoms in total. The van der Waals surface area contributed by atoms with E-state index in [9.17, 15) is 9.18 Å². The van der Waals surface area contributed by atoms with Crippen molar-refractivity contribution in [2.75, 3.05) is 26.8 Å². The summed E-state index contributed by atoms with van der Waals surface area (Å²) in [6.07, 6.45) is 0. The third kappa shape index (κ3) is 4.73. The minimum absolute atomic E-state index is 0.0722. The van der Waals surface area contributed by atoms with E-state index in [4.69, 9.17) is 9.47 Å². The topological polar surface area (TPSA) is 50.8 Å². The summed E-state index contributed by atoms with van der Waals surface area (Å²) in [5.74, 6) is 1.11. The summed E-state index contributed by atoms with van der Waals surface area (Å²) in [6.45, 7) is 3.85. The van der Waals surface area contributed by atoms with E-state index in [2.05, 4.69) is 5.32 Å². The number of ether oxygens (including phenoxy) is 2. The largest absolute Gasteiger partial charge is 0.486 e. The minimum Gasteiger partial charge on any atom is -0.486 e. The Morgan fingerprint density at radius 1 is 1.15 bits per heavy atom. The lowest BCUT2D eigenvalue weighted by atomic mass is 10.1. The molecule has 6 heteroatoms. The molecular formula is C20H23FN2O3. The molecule has 0 bridgehead atoms. The third-order valence-electron chi connectivity index (χ3n) is 4.22. The second-order valence-corrected chi connectivity index (χ2v) is 6.49. The number of nitrogens with one attached hydrogen (secondary N) is 1. The van der Waals surface area contributed by atoms with E-state index in [0.29, 0.717) is 25.5 Å². The maximum Gasteiger partial charge on any atom is 0.234 e. The number of carbonyl (C=O) groups excluding carboxylic acids is 1. The summed E-state index contributed by atoms with van der Waals surface area (Å²) in [5, 5.41) is 2.99. The Hall–Kier alpha value is -2.60. The van der Waals surface area contributed by atoms with Gasteiger partial charge in [0.25, 0.3) is 0 Å². The Bertz CT molecular complexity index is 764.